The minimum atomic E-state index is -0.446. The molecule has 0 radical (unpaired) electrons. The molecule has 0 aliphatic carbocycles. The molecule has 0 unspecified atom stereocenters. The highest BCUT2D eigenvalue weighted by molar-refractivity contribution is 6.01. The van der Waals surface area contributed by atoms with E-state index in [0.29, 0.717) is 11.6 Å². The first-order valence-corrected chi connectivity index (χ1v) is 5.88. The van der Waals surface area contributed by atoms with Crippen molar-refractivity contribution in [3.05, 3.63) is 23.7 Å². The number of hydrogen-bond acceptors (Lipinski definition) is 7. The predicted octanol–water partition coefficient (Wildman–Crippen LogP) is 1.24. The van der Waals surface area contributed by atoms with Crippen molar-refractivity contribution in [2.24, 2.45) is 0 Å². The van der Waals surface area contributed by atoms with E-state index in [9.17, 15) is 4.79 Å². The van der Waals surface area contributed by atoms with E-state index in [-0.39, 0.29) is 11.7 Å². The van der Waals surface area contributed by atoms with Crippen LogP contribution in [0, 0.1) is 6.92 Å². The molecule has 2 rings (SSSR count). The monoisotopic (exact) mass is 262 g/mol. The first kappa shape index (κ1) is 12.9. The lowest BCUT2D eigenvalue weighted by atomic mass is 10.3. The van der Waals surface area contributed by atoms with Gasteiger partial charge in [0.05, 0.1) is 0 Å². The van der Waals surface area contributed by atoms with Crippen LogP contribution >= 0.6 is 0 Å². The van der Waals surface area contributed by atoms with Crippen LogP contribution in [-0.2, 0) is 0 Å². The highest BCUT2D eigenvalue weighted by Gasteiger charge is 2.12. The van der Waals surface area contributed by atoms with Gasteiger partial charge >= 0.3 is 6.01 Å². The molecule has 0 atom stereocenters. The van der Waals surface area contributed by atoms with Crippen molar-refractivity contribution in [3.8, 4) is 0 Å². The van der Waals surface area contributed by atoms with Crippen LogP contribution in [0.1, 0.15) is 29.7 Å². The largest absolute Gasteiger partial charge is 0.369 e. The molecule has 0 aliphatic heterocycles. The number of carbonyl (C=O) groups is 1. The van der Waals surface area contributed by atoms with Gasteiger partial charge in [-0.15, -0.1) is 10.2 Å². The van der Waals surface area contributed by atoms with Crippen LogP contribution < -0.4 is 10.6 Å². The zero-order chi connectivity index (χ0) is 13.7. The first-order chi connectivity index (χ1) is 9.19. The highest BCUT2D eigenvalue weighted by atomic mass is 16.5. The van der Waals surface area contributed by atoms with E-state index in [1.165, 1.54) is 0 Å². The maximum atomic E-state index is 11.8. The Morgan fingerprint density at radius 2 is 2.21 bits per heavy atom. The fraction of sp³-hybridized carbons (Fsp3) is 0.364. The smallest absolute Gasteiger partial charge is 0.328 e. The van der Waals surface area contributed by atoms with E-state index in [2.05, 4.69) is 37.9 Å². The Balaban J connectivity index is 1.99. The second kappa shape index (κ2) is 5.89. The number of amides is 1. The van der Waals surface area contributed by atoms with E-state index in [0.717, 1.165) is 13.0 Å². The molecule has 2 aromatic heterocycles. The fourth-order valence-corrected chi connectivity index (χ4v) is 1.31. The Bertz CT molecular complexity index is 551. The molecule has 0 fully saturated rings. The van der Waals surface area contributed by atoms with Crippen LogP contribution in [0.3, 0.4) is 0 Å². The summed E-state index contributed by atoms with van der Waals surface area (Å²) in [4.78, 5) is 15.7. The Morgan fingerprint density at radius 3 is 2.79 bits per heavy atom. The SMILES string of the molecule is CCCNc1ccc(C(=O)Nc2nc(C)no2)nn1. The van der Waals surface area contributed by atoms with Gasteiger partial charge in [0.1, 0.15) is 5.82 Å². The van der Waals surface area contributed by atoms with Crippen molar-refractivity contribution in [2.75, 3.05) is 17.2 Å². The molecular formula is C11H14N6O2. The van der Waals surface area contributed by atoms with Gasteiger partial charge < -0.3 is 9.84 Å². The van der Waals surface area contributed by atoms with E-state index >= 15 is 0 Å². The zero-order valence-electron chi connectivity index (χ0n) is 10.7. The summed E-state index contributed by atoms with van der Waals surface area (Å²) in [7, 11) is 0. The van der Waals surface area contributed by atoms with Gasteiger partial charge in [-0.2, -0.15) is 4.98 Å². The lowest BCUT2D eigenvalue weighted by Crippen LogP contribution is -2.15. The molecular weight excluding hydrogens is 248 g/mol. The van der Waals surface area contributed by atoms with Gasteiger partial charge in [0.25, 0.3) is 5.91 Å². The average Bonchev–Trinajstić information content (AvgIpc) is 2.82. The molecule has 8 heteroatoms. The van der Waals surface area contributed by atoms with Crippen molar-refractivity contribution in [1.29, 1.82) is 0 Å². The number of carbonyl (C=O) groups excluding carboxylic acids is 1. The number of aromatic nitrogens is 4. The maximum absolute atomic E-state index is 11.8. The Labute approximate surface area is 109 Å². The summed E-state index contributed by atoms with van der Waals surface area (Å²) < 4.78 is 4.78. The lowest BCUT2D eigenvalue weighted by molar-refractivity contribution is 0.101. The van der Waals surface area contributed by atoms with Gasteiger partial charge in [0.15, 0.2) is 11.5 Å². The Hall–Kier alpha value is -2.51. The topological polar surface area (TPSA) is 106 Å². The van der Waals surface area contributed by atoms with Crippen LogP contribution in [0.2, 0.25) is 0 Å². The summed E-state index contributed by atoms with van der Waals surface area (Å²) in [6, 6.07) is 3.30. The normalized spacial score (nSPS) is 10.2. The summed E-state index contributed by atoms with van der Waals surface area (Å²) in [5.74, 6) is 0.630. The number of nitrogens with one attached hydrogen (secondary N) is 2. The number of rotatable bonds is 5. The highest BCUT2D eigenvalue weighted by Crippen LogP contribution is 2.06. The molecule has 100 valence electrons. The fourth-order valence-electron chi connectivity index (χ4n) is 1.31. The number of anilines is 2. The van der Waals surface area contributed by atoms with Crippen LogP contribution in [0.5, 0.6) is 0 Å². The van der Waals surface area contributed by atoms with Crippen LogP contribution in [0.25, 0.3) is 0 Å². The molecule has 0 aliphatic rings. The summed E-state index contributed by atoms with van der Waals surface area (Å²) in [5.41, 5.74) is 0.179. The molecule has 0 bridgehead atoms. The van der Waals surface area contributed by atoms with E-state index in [1.807, 2.05) is 0 Å². The van der Waals surface area contributed by atoms with Gasteiger partial charge in [0.2, 0.25) is 0 Å². The van der Waals surface area contributed by atoms with Crippen molar-refractivity contribution < 1.29 is 9.32 Å². The van der Waals surface area contributed by atoms with Gasteiger partial charge in [-0.25, -0.2) is 0 Å². The second-order valence-corrected chi connectivity index (χ2v) is 3.83. The average molecular weight is 262 g/mol. The molecule has 2 aromatic rings. The van der Waals surface area contributed by atoms with Crippen molar-refractivity contribution in [2.45, 2.75) is 20.3 Å². The minimum Gasteiger partial charge on any atom is -0.369 e. The predicted molar refractivity (Wildman–Crippen MR) is 67.8 cm³/mol. The molecule has 0 saturated heterocycles. The Kier molecular flexibility index (Phi) is 4.01. The summed E-state index contributed by atoms with van der Waals surface area (Å²) in [5, 5.41) is 16.8. The number of aryl methyl sites for hydroxylation is 1. The third-order valence-corrected chi connectivity index (χ3v) is 2.20. The van der Waals surface area contributed by atoms with Gasteiger partial charge in [-0.1, -0.05) is 12.1 Å². The molecule has 2 heterocycles. The van der Waals surface area contributed by atoms with Crippen molar-refractivity contribution in [3.63, 3.8) is 0 Å². The van der Waals surface area contributed by atoms with Crippen LogP contribution in [-0.4, -0.2) is 32.8 Å². The van der Waals surface area contributed by atoms with Crippen LogP contribution in [0.15, 0.2) is 16.7 Å². The number of hydrogen-bond donors (Lipinski definition) is 2. The van der Waals surface area contributed by atoms with E-state index in [1.54, 1.807) is 19.1 Å². The molecule has 0 spiro atoms. The van der Waals surface area contributed by atoms with Crippen molar-refractivity contribution >= 4 is 17.7 Å². The van der Waals surface area contributed by atoms with E-state index < -0.39 is 5.91 Å². The summed E-state index contributed by atoms with van der Waals surface area (Å²) in [6.07, 6.45) is 0.987. The molecule has 1 amide bonds. The van der Waals surface area contributed by atoms with Gasteiger partial charge in [0, 0.05) is 6.54 Å². The minimum absolute atomic E-state index is 0.0393. The van der Waals surface area contributed by atoms with E-state index in [4.69, 9.17) is 4.52 Å². The summed E-state index contributed by atoms with van der Waals surface area (Å²) >= 11 is 0. The molecule has 19 heavy (non-hydrogen) atoms. The van der Waals surface area contributed by atoms with Gasteiger partial charge in [-0.3, -0.25) is 10.1 Å². The lowest BCUT2D eigenvalue weighted by Gasteiger charge is -2.03. The third kappa shape index (κ3) is 3.47. The molecule has 0 aromatic carbocycles. The molecule has 8 nitrogen and oxygen atoms in total. The third-order valence-electron chi connectivity index (χ3n) is 2.20. The standard InChI is InChI=1S/C11H14N6O2/c1-3-6-12-9-5-4-8(15-16-9)10(18)14-11-13-7(2)17-19-11/h4-5H,3,6H2,1-2H3,(H,12,16)(H,13,14,17,18). The maximum Gasteiger partial charge on any atom is 0.328 e. The van der Waals surface area contributed by atoms with Gasteiger partial charge in [-0.05, 0) is 25.5 Å². The Morgan fingerprint density at radius 1 is 1.37 bits per heavy atom. The van der Waals surface area contributed by atoms with Crippen LogP contribution in [0.4, 0.5) is 11.8 Å². The summed E-state index contributed by atoms with van der Waals surface area (Å²) in [6.45, 7) is 4.52. The van der Waals surface area contributed by atoms with Crippen molar-refractivity contribution in [1.82, 2.24) is 20.3 Å². The molecule has 2 N–H and O–H groups in total. The zero-order valence-corrected chi connectivity index (χ0v) is 10.7. The first-order valence-electron chi connectivity index (χ1n) is 5.88. The quantitative estimate of drug-likeness (QED) is 0.834. The number of nitrogens with zero attached hydrogens (tertiary/aromatic N) is 4. The molecule has 0 saturated carbocycles. The second-order valence-electron chi connectivity index (χ2n) is 3.83.